The van der Waals surface area contributed by atoms with Crippen molar-refractivity contribution in [2.45, 2.75) is 44.7 Å². The van der Waals surface area contributed by atoms with Crippen LogP contribution in [0.1, 0.15) is 49.8 Å². The lowest BCUT2D eigenvalue weighted by Crippen LogP contribution is -2.44. The number of likely N-dealkylation sites (tertiary alicyclic amines) is 1. The Bertz CT molecular complexity index is 1020. The normalized spacial score (nSPS) is 23.2. The van der Waals surface area contributed by atoms with E-state index in [1.54, 1.807) is 23.2 Å². The number of amides is 1. The summed E-state index contributed by atoms with van der Waals surface area (Å²) in [7, 11) is 0. The van der Waals surface area contributed by atoms with Gasteiger partial charge in [-0.25, -0.2) is 9.40 Å². The fraction of sp³-hybridized carbons (Fsp3) is 0.417. The maximum absolute atomic E-state index is 14.5. The summed E-state index contributed by atoms with van der Waals surface area (Å²) >= 11 is 0. The van der Waals surface area contributed by atoms with Crippen molar-refractivity contribution in [2.24, 2.45) is 5.10 Å². The molecular formula is C24H26FN3O3. The number of ether oxygens (including phenoxy) is 2. The smallest absolute Gasteiger partial charge is 0.257 e. The van der Waals surface area contributed by atoms with E-state index >= 15 is 0 Å². The average molecular weight is 423 g/mol. The highest BCUT2D eigenvalue weighted by atomic mass is 19.1. The molecule has 3 heterocycles. The number of halogens is 1. The van der Waals surface area contributed by atoms with Crippen molar-refractivity contribution < 1.29 is 18.7 Å². The van der Waals surface area contributed by atoms with Crippen molar-refractivity contribution in [2.75, 3.05) is 19.9 Å². The molecule has 0 saturated carbocycles. The van der Waals surface area contributed by atoms with E-state index in [4.69, 9.17) is 9.47 Å². The first kappa shape index (κ1) is 20.0. The number of fused-ring (bicyclic) bond motifs is 1. The predicted octanol–water partition coefficient (Wildman–Crippen LogP) is 4.11. The van der Waals surface area contributed by atoms with Crippen LogP contribution in [0.5, 0.6) is 11.5 Å². The number of hydrazone groups is 1. The third-order valence-electron chi connectivity index (χ3n) is 6.41. The molecule has 6 nitrogen and oxygen atoms in total. The van der Waals surface area contributed by atoms with Gasteiger partial charge in [-0.3, -0.25) is 9.69 Å². The van der Waals surface area contributed by atoms with Crippen LogP contribution in [0.15, 0.2) is 47.6 Å². The highest BCUT2D eigenvalue weighted by Gasteiger charge is 2.36. The molecule has 1 fully saturated rings. The van der Waals surface area contributed by atoms with Crippen LogP contribution < -0.4 is 9.47 Å². The van der Waals surface area contributed by atoms with Crippen molar-refractivity contribution >= 4 is 11.6 Å². The molecule has 3 aliphatic heterocycles. The van der Waals surface area contributed by atoms with Crippen LogP contribution in [-0.2, 0) is 4.79 Å². The Morgan fingerprint density at radius 3 is 2.84 bits per heavy atom. The van der Waals surface area contributed by atoms with Crippen molar-refractivity contribution in [3.05, 3.63) is 59.4 Å². The molecule has 31 heavy (non-hydrogen) atoms. The molecule has 0 N–H and O–H groups in total. The number of hydrogen-bond donors (Lipinski definition) is 0. The molecule has 5 rings (SSSR count). The standard InChI is InChI=1S/C24H26FN3O3/c1-16-6-4-5-11-27(16)14-24(29)28-21(17-9-10-22-23(12-17)31-15-30-22)13-20(26-28)18-7-2-3-8-19(18)25/h2-3,7-10,12,16,21H,4-6,11,13-15H2,1H3/t16-,21+/m0/s1. The van der Waals surface area contributed by atoms with Gasteiger partial charge < -0.3 is 9.47 Å². The molecule has 7 heteroatoms. The summed E-state index contributed by atoms with van der Waals surface area (Å²) < 4.78 is 25.4. The Balaban J connectivity index is 1.45. The van der Waals surface area contributed by atoms with Gasteiger partial charge >= 0.3 is 0 Å². The molecule has 1 amide bonds. The van der Waals surface area contributed by atoms with E-state index in [0.717, 1.165) is 24.9 Å². The molecular weight excluding hydrogens is 397 g/mol. The molecule has 2 atom stereocenters. The van der Waals surface area contributed by atoms with E-state index in [9.17, 15) is 9.18 Å². The van der Waals surface area contributed by atoms with Crippen LogP contribution in [0.3, 0.4) is 0 Å². The van der Waals surface area contributed by atoms with Crippen LogP contribution in [0, 0.1) is 5.82 Å². The highest BCUT2D eigenvalue weighted by Crippen LogP contribution is 2.39. The lowest BCUT2D eigenvalue weighted by molar-refractivity contribution is -0.135. The minimum absolute atomic E-state index is 0.0669. The SMILES string of the molecule is C[C@H]1CCCCN1CC(=O)N1N=C(c2ccccc2F)C[C@@H]1c1ccc2c(c1)OCO2. The summed E-state index contributed by atoms with van der Waals surface area (Å²) in [6, 6.07) is 12.3. The molecule has 0 bridgehead atoms. The number of piperidine rings is 1. The van der Waals surface area contributed by atoms with Gasteiger partial charge in [0.2, 0.25) is 6.79 Å². The number of benzene rings is 2. The van der Waals surface area contributed by atoms with Gasteiger partial charge in [-0.2, -0.15) is 5.10 Å². The van der Waals surface area contributed by atoms with Gasteiger partial charge in [0, 0.05) is 18.0 Å². The summed E-state index contributed by atoms with van der Waals surface area (Å²) in [4.78, 5) is 15.6. The molecule has 0 unspecified atom stereocenters. The Kier molecular flexibility index (Phi) is 5.36. The maximum atomic E-state index is 14.5. The Hall–Kier alpha value is -2.93. The highest BCUT2D eigenvalue weighted by molar-refractivity contribution is 6.03. The summed E-state index contributed by atoms with van der Waals surface area (Å²) in [5.41, 5.74) is 1.93. The Morgan fingerprint density at radius 1 is 1.16 bits per heavy atom. The second-order valence-corrected chi connectivity index (χ2v) is 8.41. The van der Waals surface area contributed by atoms with Crippen LogP contribution in [0.25, 0.3) is 0 Å². The molecule has 1 saturated heterocycles. The van der Waals surface area contributed by atoms with Gasteiger partial charge in [-0.1, -0.05) is 30.7 Å². The summed E-state index contributed by atoms with van der Waals surface area (Å²) in [5, 5.41) is 6.16. The quantitative estimate of drug-likeness (QED) is 0.743. The number of nitrogens with zero attached hydrogens (tertiary/aromatic N) is 3. The lowest BCUT2D eigenvalue weighted by atomic mass is 9.97. The van der Waals surface area contributed by atoms with Crippen molar-refractivity contribution in [1.82, 2.24) is 9.91 Å². The third kappa shape index (κ3) is 3.90. The largest absolute Gasteiger partial charge is 0.454 e. The second kappa shape index (κ2) is 8.30. The topological polar surface area (TPSA) is 54.4 Å². The molecule has 162 valence electrons. The number of rotatable bonds is 4. The first-order valence-corrected chi connectivity index (χ1v) is 10.9. The third-order valence-corrected chi connectivity index (χ3v) is 6.41. The van der Waals surface area contributed by atoms with E-state index in [-0.39, 0.29) is 24.6 Å². The van der Waals surface area contributed by atoms with E-state index in [1.165, 1.54) is 12.5 Å². The number of hydrogen-bond acceptors (Lipinski definition) is 5. The second-order valence-electron chi connectivity index (χ2n) is 8.41. The van der Waals surface area contributed by atoms with Crippen LogP contribution in [0.2, 0.25) is 0 Å². The molecule has 0 aliphatic carbocycles. The zero-order valence-electron chi connectivity index (χ0n) is 17.6. The fourth-order valence-corrected chi connectivity index (χ4v) is 4.62. The summed E-state index contributed by atoms with van der Waals surface area (Å²) in [5.74, 6) is 0.957. The van der Waals surface area contributed by atoms with Gasteiger partial charge in [0.15, 0.2) is 11.5 Å². The zero-order valence-corrected chi connectivity index (χ0v) is 17.6. The van der Waals surface area contributed by atoms with Crippen LogP contribution >= 0.6 is 0 Å². The number of carbonyl (C=O) groups excluding carboxylic acids is 1. The van der Waals surface area contributed by atoms with Crippen LogP contribution in [-0.4, -0.2) is 47.5 Å². The minimum atomic E-state index is -0.329. The van der Waals surface area contributed by atoms with Crippen molar-refractivity contribution in [3.63, 3.8) is 0 Å². The van der Waals surface area contributed by atoms with E-state index in [0.29, 0.717) is 41.8 Å². The fourth-order valence-electron chi connectivity index (χ4n) is 4.62. The molecule has 0 spiro atoms. The molecule has 2 aromatic rings. The van der Waals surface area contributed by atoms with Gasteiger partial charge in [0.1, 0.15) is 5.82 Å². The van der Waals surface area contributed by atoms with Gasteiger partial charge in [0.25, 0.3) is 5.91 Å². The first-order valence-electron chi connectivity index (χ1n) is 10.9. The lowest BCUT2D eigenvalue weighted by Gasteiger charge is -2.34. The van der Waals surface area contributed by atoms with Crippen molar-refractivity contribution in [3.8, 4) is 11.5 Å². The van der Waals surface area contributed by atoms with Crippen molar-refractivity contribution in [1.29, 1.82) is 0 Å². The van der Waals surface area contributed by atoms with Gasteiger partial charge in [0.05, 0.1) is 18.3 Å². The molecule has 0 radical (unpaired) electrons. The van der Waals surface area contributed by atoms with E-state index in [1.807, 2.05) is 18.2 Å². The summed E-state index contributed by atoms with van der Waals surface area (Å²) in [6.45, 7) is 3.59. The molecule has 2 aromatic carbocycles. The average Bonchev–Trinajstić information content (AvgIpc) is 3.42. The van der Waals surface area contributed by atoms with E-state index < -0.39 is 0 Å². The predicted molar refractivity (Wildman–Crippen MR) is 115 cm³/mol. The maximum Gasteiger partial charge on any atom is 0.257 e. The zero-order chi connectivity index (χ0) is 21.4. The Morgan fingerprint density at radius 2 is 2.00 bits per heavy atom. The minimum Gasteiger partial charge on any atom is -0.454 e. The van der Waals surface area contributed by atoms with Gasteiger partial charge in [-0.15, -0.1) is 0 Å². The molecule has 3 aliphatic rings. The van der Waals surface area contributed by atoms with Gasteiger partial charge in [-0.05, 0) is 50.1 Å². The Labute approximate surface area is 181 Å². The number of carbonyl (C=O) groups is 1. The monoisotopic (exact) mass is 423 g/mol. The van der Waals surface area contributed by atoms with E-state index in [2.05, 4.69) is 16.9 Å². The first-order chi connectivity index (χ1) is 15.1. The summed E-state index contributed by atoms with van der Waals surface area (Å²) in [6.07, 6.45) is 3.85. The molecule has 0 aromatic heterocycles. The van der Waals surface area contributed by atoms with Crippen LogP contribution in [0.4, 0.5) is 4.39 Å².